The van der Waals surface area contributed by atoms with Gasteiger partial charge in [-0.3, -0.25) is 14.9 Å². The van der Waals surface area contributed by atoms with Crippen molar-refractivity contribution < 1.29 is 14.5 Å². The highest BCUT2D eigenvalue weighted by Gasteiger charge is 2.29. The Hall–Kier alpha value is -3.40. The van der Waals surface area contributed by atoms with E-state index in [0.29, 0.717) is 22.3 Å². The number of non-ortho nitro benzene ring substituents is 1. The van der Waals surface area contributed by atoms with E-state index in [-0.39, 0.29) is 35.9 Å². The van der Waals surface area contributed by atoms with Gasteiger partial charge < -0.3 is 4.74 Å². The van der Waals surface area contributed by atoms with Crippen molar-refractivity contribution in [1.29, 1.82) is 0 Å². The number of rotatable bonds is 6. The second-order valence-electron chi connectivity index (χ2n) is 8.44. The molecule has 0 atom stereocenters. The first-order chi connectivity index (χ1) is 15.2. The Morgan fingerprint density at radius 2 is 1.91 bits per heavy atom. The molecule has 2 aromatic carbocycles. The first-order valence-electron chi connectivity index (χ1n) is 10.1. The number of amides is 1. The van der Waals surface area contributed by atoms with E-state index >= 15 is 0 Å². The molecule has 0 unspecified atom stereocenters. The minimum atomic E-state index is -0.453. The topological polar surface area (TPSA) is 103 Å². The van der Waals surface area contributed by atoms with E-state index < -0.39 is 4.92 Å². The number of nitrogens with zero attached hydrogens (tertiary/aromatic N) is 5. The van der Waals surface area contributed by atoms with E-state index in [1.807, 2.05) is 24.3 Å². The highest BCUT2D eigenvalue weighted by Crippen LogP contribution is 2.27. The Labute approximate surface area is 189 Å². The van der Waals surface area contributed by atoms with E-state index in [1.54, 1.807) is 16.8 Å². The summed E-state index contributed by atoms with van der Waals surface area (Å²) in [5.41, 5.74) is 1.88. The molecule has 1 aliphatic rings. The van der Waals surface area contributed by atoms with Crippen molar-refractivity contribution in [3.63, 3.8) is 0 Å². The number of fused-ring (bicyclic) bond motifs is 1. The molecule has 0 saturated carbocycles. The van der Waals surface area contributed by atoms with Gasteiger partial charge in [0.15, 0.2) is 5.82 Å². The maximum Gasteiger partial charge on any atom is 0.269 e. The third-order valence-corrected chi connectivity index (χ3v) is 5.98. The molecule has 9 nitrogen and oxygen atoms in total. The van der Waals surface area contributed by atoms with Gasteiger partial charge in [0.2, 0.25) is 5.16 Å². The lowest BCUT2D eigenvalue weighted by Crippen LogP contribution is -2.45. The van der Waals surface area contributed by atoms with Gasteiger partial charge in [-0.25, -0.2) is 9.69 Å². The van der Waals surface area contributed by atoms with Crippen LogP contribution >= 0.6 is 11.8 Å². The van der Waals surface area contributed by atoms with Crippen LogP contribution in [0, 0.1) is 10.1 Å². The van der Waals surface area contributed by atoms with Crippen LogP contribution < -0.4 is 9.75 Å². The maximum absolute atomic E-state index is 12.7. The summed E-state index contributed by atoms with van der Waals surface area (Å²) in [7, 11) is 0. The SMILES string of the molecule is CC(C)(C)c1ccc(OCc2nnc3n2N(Cc2cccc([N+](=O)[O-])c2)C(=O)CS3)cc1. The van der Waals surface area contributed by atoms with E-state index in [2.05, 4.69) is 31.0 Å². The number of ether oxygens (including phenoxy) is 1. The van der Waals surface area contributed by atoms with Crippen LogP contribution in [-0.2, 0) is 23.4 Å². The van der Waals surface area contributed by atoms with Gasteiger partial charge in [-0.2, -0.15) is 0 Å². The van der Waals surface area contributed by atoms with Crippen molar-refractivity contribution in [2.75, 3.05) is 10.8 Å². The highest BCUT2D eigenvalue weighted by atomic mass is 32.2. The fourth-order valence-corrected chi connectivity index (χ4v) is 4.16. The van der Waals surface area contributed by atoms with Gasteiger partial charge >= 0.3 is 0 Å². The summed E-state index contributed by atoms with van der Waals surface area (Å²) in [6.45, 7) is 6.74. The molecule has 0 N–H and O–H groups in total. The standard InChI is InChI=1S/C22H23N5O4S/c1-22(2,3)16-7-9-18(10-8-16)31-13-19-23-24-21-26(19)25(20(28)14-32-21)12-15-5-4-6-17(11-15)27(29)30/h4-11H,12-14H2,1-3H3. The van der Waals surface area contributed by atoms with Crippen LogP contribution in [0.25, 0.3) is 0 Å². The van der Waals surface area contributed by atoms with Crippen LogP contribution in [0.2, 0.25) is 0 Å². The number of hydrogen-bond acceptors (Lipinski definition) is 7. The largest absolute Gasteiger partial charge is 0.486 e. The fourth-order valence-electron chi connectivity index (χ4n) is 3.33. The number of hydrogen-bond donors (Lipinski definition) is 0. The van der Waals surface area contributed by atoms with Gasteiger partial charge in [-0.1, -0.05) is 56.8 Å². The molecule has 1 aromatic heterocycles. The molecular formula is C22H23N5O4S. The molecule has 4 rings (SSSR count). The number of thioether (sulfide) groups is 1. The van der Waals surface area contributed by atoms with Crippen LogP contribution in [0.1, 0.15) is 37.7 Å². The molecule has 10 heteroatoms. The molecule has 0 spiro atoms. The van der Waals surface area contributed by atoms with Gasteiger partial charge in [0, 0.05) is 12.1 Å². The highest BCUT2D eigenvalue weighted by molar-refractivity contribution is 7.99. The summed E-state index contributed by atoms with van der Waals surface area (Å²) in [6, 6.07) is 14.1. The van der Waals surface area contributed by atoms with E-state index in [9.17, 15) is 14.9 Å². The molecule has 166 valence electrons. The molecule has 2 heterocycles. The molecule has 3 aromatic rings. The van der Waals surface area contributed by atoms with Crippen LogP contribution in [0.15, 0.2) is 53.7 Å². The lowest BCUT2D eigenvalue weighted by molar-refractivity contribution is -0.384. The number of benzene rings is 2. The molecule has 0 aliphatic carbocycles. The van der Waals surface area contributed by atoms with Crippen LogP contribution in [0.3, 0.4) is 0 Å². The summed E-state index contributed by atoms with van der Waals surface area (Å²) < 4.78 is 7.55. The number of nitro groups is 1. The summed E-state index contributed by atoms with van der Waals surface area (Å²) in [6.07, 6.45) is 0. The van der Waals surface area contributed by atoms with Crippen molar-refractivity contribution in [2.45, 2.75) is 44.5 Å². The van der Waals surface area contributed by atoms with Crippen molar-refractivity contribution in [2.24, 2.45) is 0 Å². The zero-order chi connectivity index (χ0) is 22.9. The summed E-state index contributed by atoms with van der Waals surface area (Å²) in [4.78, 5) is 23.3. The lowest BCUT2D eigenvalue weighted by Gasteiger charge is -2.29. The Morgan fingerprint density at radius 1 is 1.16 bits per heavy atom. The Morgan fingerprint density at radius 3 is 2.59 bits per heavy atom. The Balaban J connectivity index is 1.54. The van der Waals surface area contributed by atoms with Gasteiger partial charge in [0.25, 0.3) is 11.6 Å². The number of aromatic nitrogens is 3. The number of nitro benzene ring substituents is 1. The molecule has 32 heavy (non-hydrogen) atoms. The lowest BCUT2D eigenvalue weighted by atomic mass is 9.87. The molecule has 1 aliphatic heterocycles. The first-order valence-corrected chi connectivity index (χ1v) is 11.1. The molecular weight excluding hydrogens is 430 g/mol. The minimum Gasteiger partial charge on any atom is -0.486 e. The molecule has 0 fully saturated rings. The second kappa shape index (κ2) is 8.62. The quantitative estimate of drug-likeness (QED) is 0.413. The molecule has 0 bridgehead atoms. The summed E-state index contributed by atoms with van der Waals surface area (Å²) in [5.74, 6) is 1.26. The third-order valence-electron chi connectivity index (χ3n) is 5.07. The van der Waals surface area contributed by atoms with Crippen molar-refractivity contribution >= 4 is 23.4 Å². The van der Waals surface area contributed by atoms with Crippen molar-refractivity contribution in [3.8, 4) is 5.75 Å². The average molecular weight is 454 g/mol. The van der Waals surface area contributed by atoms with E-state index in [1.165, 1.54) is 34.5 Å². The van der Waals surface area contributed by atoms with Crippen LogP contribution in [0.4, 0.5) is 5.69 Å². The average Bonchev–Trinajstić information content (AvgIpc) is 3.17. The van der Waals surface area contributed by atoms with Crippen molar-refractivity contribution in [1.82, 2.24) is 14.9 Å². The van der Waals surface area contributed by atoms with Crippen LogP contribution in [-0.4, -0.2) is 31.5 Å². The normalized spacial score (nSPS) is 13.7. The smallest absolute Gasteiger partial charge is 0.269 e. The van der Waals surface area contributed by atoms with Gasteiger partial charge in [-0.05, 0) is 28.7 Å². The molecule has 0 radical (unpaired) electrons. The van der Waals surface area contributed by atoms with Gasteiger partial charge in [-0.15, -0.1) is 10.2 Å². The summed E-state index contributed by atoms with van der Waals surface area (Å²) in [5, 5.41) is 21.6. The predicted octanol–water partition coefficient (Wildman–Crippen LogP) is 3.83. The third kappa shape index (κ3) is 4.59. The number of carbonyl (C=O) groups is 1. The zero-order valence-electron chi connectivity index (χ0n) is 18.0. The monoisotopic (exact) mass is 453 g/mol. The Bertz CT molecular complexity index is 1150. The summed E-state index contributed by atoms with van der Waals surface area (Å²) >= 11 is 1.30. The Kier molecular flexibility index (Phi) is 5.88. The molecule has 0 saturated heterocycles. The number of carbonyl (C=O) groups excluding carboxylic acids is 1. The van der Waals surface area contributed by atoms with E-state index in [4.69, 9.17) is 4.74 Å². The minimum absolute atomic E-state index is 0.0208. The second-order valence-corrected chi connectivity index (χ2v) is 9.38. The fraction of sp³-hybridized carbons (Fsp3) is 0.318. The maximum atomic E-state index is 12.7. The molecule has 1 amide bonds. The predicted molar refractivity (Wildman–Crippen MR) is 120 cm³/mol. The van der Waals surface area contributed by atoms with Gasteiger partial charge in [0.1, 0.15) is 12.4 Å². The van der Waals surface area contributed by atoms with Crippen LogP contribution in [0.5, 0.6) is 5.75 Å². The first kappa shape index (κ1) is 21.8. The zero-order valence-corrected chi connectivity index (χ0v) is 18.8. The van der Waals surface area contributed by atoms with E-state index in [0.717, 1.165) is 0 Å². The van der Waals surface area contributed by atoms with Gasteiger partial charge in [0.05, 0.1) is 17.2 Å². The van der Waals surface area contributed by atoms with Crippen molar-refractivity contribution in [3.05, 3.63) is 75.6 Å².